The summed E-state index contributed by atoms with van der Waals surface area (Å²) in [6.45, 7) is 4.10. The highest BCUT2D eigenvalue weighted by molar-refractivity contribution is 5.91. The summed E-state index contributed by atoms with van der Waals surface area (Å²) in [5, 5.41) is 0. The second-order valence-corrected chi connectivity index (χ2v) is 4.04. The van der Waals surface area contributed by atoms with Gasteiger partial charge in [0.2, 0.25) is 0 Å². The first-order valence-corrected chi connectivity index (χ1v) is 5.70. The van der Waals surface area contributed by atoms with Gasteiger partial charge in [0.1, 0.15) is 0 Å². The molecular formula is C16H16. The van der Waals surface area contributed by atoms with Crippen LogP contribution in [0.15, 0.2) is 35.9 Å². The van der Waals surface area contributed by atoms with E-state index in [4.69, 9.17) is 0 Å². The molecule has 16 heavy (non-hydrogen) atoms. The minimum Gasteiger partial charge on any atom is -0.107 e. The van der Waals surface area contributed by atoms with Crippen LogP contribution in [0.3, 0.4) is 0 Å². The third-order valence-corrected chi connectivity index (χ3v) is 2.94. The zero-order chi connectivity index (χ0) is 11.4. The molecule has 1 aromatic rings. The van der Waals surface area contributed by atoms with E-state index in [0.717, 1.165) is 12.8 Å². The van der Waals surface area contributed by atoms with Crippen LogP contribution in [0.2, 0.25) is 0 Å². The summed E-state index contributed by atoms with van der Waals surface area (Å²) in [6, 6.07) is 8.55. The highest BCUT2D eigenvalue weighted by atomic mass is 14.2. The van der Waals surface area contributed by atoms with Gasteiger partial charge in [-0.15, -0.1) is 11.8 Å². The standard InChI is InChI=1S/C16H16/c1-3-4-5-8-13(2)15-12-11-14-9-6-7-10-16(14)15/h6-7,9-12H,5,8H2,1-2H3/b15-13+. The van der Waals surface area contributed by atoms with Gasteiger partial charge in [0, 0.05) is 6.42 Å². The molecule has 0 spiro atoms. The number of fused-ring (bicyclic) bond motifs is 1. The Hall–Kier alpha value is -1.74. The van der Waals surface area contributed by atoms with E-state index < -0.39 is 0 Å². The quantitative estimate of drug-likeness (QED) is 0.636. The normalized spacial score (nSPS) is 15.4. The van der Waals surface area contributed by atoms with E-state index in [1.165, 1.54) is 22.3 Å². The molecule has 0 aromatic heterocycles. The van der Waals surface area contributed by atoms with Crippen LogP contribution in [0.4, 0.5) is 0 Å². The smallest absolute Gasteiger partial charge is 0.0126 e. The molecule has 0 heteroatoms. The Morgan fingerprint density at radius 3 is 2.81 bits per heavy atom. The Morgan fingerprint density at radius 1 is 1.19 bits per heavy atom. The molecule has 0 saturated carbocycles. The van der Waals surface area contributed by atoms with Crippen molar-refractivity contribution < 1.29 is 0 Å². The lowest BCUT2D eigenvalue weighted by Crippen LogP contribution is -1.85. The molecular weight excluding hydrogens is 192 g/mol. The average Bonchev–Trinajstić information content (AvgIpc) is 2.73. The average molecular weight is 208 g/mol. The maximum absolute atomic E-state index is 3.12. The highest BCUT2D eigenvalue weighted by Crippen LogP contribution is 2.32. The molecule has 0 unspecified atom stereocenters. The Balaban J connectivity index is 2.25. The zero-order valence-corrected chi connectivity index (χ0v) is 9.88. The Kier molecular flexibility index (Phi) is 3.27. The lowest BCUT2D eigenvalue weighted by molar-refractivity contribution is 1.01. The molecule has 0 saturated heterocycles. The van der Waals surface area contributed by atoms with Crippen molar-refractivity contribution in [3.05, 3.63) is 47.0 Å². The highest BCUT2D eigenvalue weighted by Gasteiger charge is 2.11. The Bertz CT molecular complexity index is 504. The van der Waals surface area contributed by atoms with Crippen molar-refractivity contribution in [3.8, 4) is 11.8 Å². The maximum Gasteiger partial charge on any atom is 0.0126 e. The van der Waals surface area contributed by atoms with Crippen molar-refractivity contribution in [3.63, 3.8) is 0 Å². The van der Waals surface area contributed by atoms with E-state index in [1.54, 1.807) is 0 Å². The van der Waals surface area contributed by atoms with Crippen LogP contribution >= 0.6 is 0 Å². The molecule has 1 aromatic carbocycles. The lowest BCUT2D eigenvalue weighted by atomic mass is 9.99. The molecule has 0 aliphatic heterocycles. The third kappa shape index (κ3) is 2.09. The van der Waals surface area contributed by atoms with Crippen molar-refractivity contribution in [2.24, 2.45) is 0 Å². The topological polar surface area (TPSA) is 0 Å². The first kappa shape index (κ1) is 10.8. The van der Waals surface area contributed by atoms with Gasteiger partial charge in [-0.2, -0.15) is 0 Å². The molecule has 0 nitrogen and oxygen atoms in total. The summed E-state index contributed by atoms with van der Waals surface area (Å²) < 4.78 is 0. The molecule has 80 valence electrons. The summed E-state index contributed by atoms with van der Waals surface area (Å²) in [5.41, 5.74) is 5.51. The SMILES string of the molecule is CC#CCC/C(C)=C1\C=Cc2ccccc21. The molecule has 0 amide bonds. The summed E-state index contributed by atoms with van der Waals surface area (Å²) in [7, 11) is 0. The van der Waals surface area contributed by atoms with Crippen LogP contribution in [0.1, 0.15) is 37.8 Å². The van der Waals surface area contributed by atoms with Gasteiger partial charge >= 0.3 is 0 Å². The van der Waals surface area contributed by atoms with E-state index in [1.807, 2.05) is 6.92 Å². The van der Waals surface area contributed by atoms with Gasteiger partial charge in [-0.3, -0.25) is 0 Å². The molecule has 0 atom stereocenters. The zero-order valence-electron chi connectivity index (χ0n) is 9.88. The molecule has 2 rings (SSSR count). The van der Waals surface area contributed by atoms with Gasteiger partial charge in [0.15, 0.2) is 0 Å². The van der Waals surface area contributed by atoms with Gasteiger partial charge in [-0.05, 0) is 37.0 Å². The van der Waals surface area contributed by atoms with Crippen LogP contribution in [0.5, 0.6) is 0 Å². The van der Waals surface area contributed by atoms with Crippen molar-refractivity contribution in [2.75, 3.05) is 0 Å². The summed E-state index contributed by atoms with van der Waals surface area (Å²) >= 11 is 0. The monoisotopic (exact) mass is 208 g/mol. The van der Waals surface area contributed by atoms with Crippen LogP contribution in [-0.2, 0) is 0 Å². The molecule has 0 bridgehead atoms. The lowest BCUT2D eigenvalue weighted by Gasteiger charge is -2.05. The van der Waals surface area contributed by atoms with E-state index >= 15 is 0 Å². The van der Waals surface area contributed by atoms with Gasteiger partial charge in [-0.25, -0.2) is 0 Å². The van der Waals surface area contributed by atoms with Gasteiger partial charge in [0.05, 0.1) is 0 Å². The second-order valence-electron chi connectivity index (χ2n) is 4.04. The van der Waals surface area contributed by atoms with E-state index in [0.29, 0.717) is 0 Å². The molecule has 0 radical (unpaired) electrons. The van der Waals surface area contributed by atoms with Crippen LogP contribution in [0.25, 0.3) is 11.6 Å². The summed E-state index contributed by atoms with van der Waals surface area (Å²) in [5.74, 6) is 6.06. The van der Waals surface area contributed by atoms with E-state index in [2.05, 4.69) is 55.2 Å². The molecule has 1 aliphatic carbocycles. The number of hydrogen-bond donors (Lipinski definition) is 0. The summed E-state index contributed by atoms with van der Waals surface area (Å²) in [6.07, 6.45) is 6.44. The van der Waals surface area contributed by atoms with Crippen molar-refractivity contribution in [2.45, 2.75) is 26.7 Å². The molecule has 1 aliphatic rings. The van der Waals surface area contributed by atoms with E-state index in [-0.39, 0.29) is 0 Å². The van der Waals surface area contributed by atoms with Crippen molar-refractivity contribution in [1.29, 1.82) is 0 Å². The van der Waals surface area contributed by atoms with Gasteiger partial charge in [0.25, 0.3) is 0 Å². The Morgan fingerprint density at radius 2 is 2.00 bits per heavy atom. The molecule has 0 N–H and O–H groups in total. The second kappa shape index (κ2) is 4.86. The minimum atomic E-state index is 0.960. The first-order valence-electron chi connectivity index (χ1n) is 5.70. The first-order chi connectivity index (χ1) is 7.83. The van der Waals surface area contributed by atoms with E-state index in [9.17, 15) is 0 Å². The molecule has 0 fully saturated rings. The van der Waals surface area contributed by atoms with Crippen LogP contribution < -0.4 is 0 Å². The molecule has 0 heterocycles. The third-order valence-electron chi connectivity index (χ3n) is 2.94. The van der Waals surface area contributed by atoms with Gasteiger partial charge in [-0.1, -0.05) is 42.0 Å². The fourth-order valence-electron chi connectivity index (χ4n) is 2.03. The fourth-order valence-corrected chi connectivity index (χ4v) is 2.03. The van der Waals surface area contributed by atoms with Crippen LogP contribution in [-0.4, -0.2) is 0 Å². The Labute approximate surface area is 97.7 Å². The predicted molar refractivity (Wildman–Crippen MR) is 70.8 cm³/mol. The van der Waals surface area contributed by atoms with Crippen molar-refractivity contribution >= 4 is 11.6 Å². The fraction of sp³-hybridized carbons (Fsp3) is 0.250. The minimum absolute atomic E-state index is 0.960. The number of benzene rings is 1. The number of allylic oxidation sites excluding steroid dienone is 3. The predicted octanol–water partition coefficient (Wildman–Crippen LogP) is 4.29. The number of rotatable bonds is 2. The summed E-state index contributed by atoms with van der Waals surface area (Å²) in [4.78, 5) is 0. The van der Waals surface area contributed by atoms with Crippen LogP contribution in [0, 0.1) is 11.8 Å². The van der Waals surface area contributed by atoms with Gasteiger partial charge < -0.3 is 0 Å². The largest absolute Gasteiger partial charge is 0.107 e. The van der Waals surface area contributed by atoms with Crippen molar-refractivity contribution in [1.82, 2.24) is 0 Å². The number of hydrogen-bond acceptors (Lipinski definition) is 0. The maximum atomic E-state index is 3.12.